The first kappa shape index (κ1) is 21.7. The molecule has 2 aromatic carbocycles. The lowest BCUT2D eigenvalue weighted by atomic mass is 10.1. The van der Waals surface area contributed by atoms with Crippen molar-refractivity contribution in [2.45, 2.75) is 57.7 Å². The number of nitrogens with one attached hydrogen (secondary N) is 1. The zero-order valence-electron chi connectivity index (χ0n) is 16.5. The lowest BCUT2D eigenvalue weighted by Crippen LogP contribution is -2.50. The van der Waals surface area contributed by atoms with Gasteiger partial charge in [-0.15, -0.1) is 0 Å². The van der Waals surface area contributed by atoms with Gasteiger partial charge in [0.2, 0.25) is 11.8 Å². The summed E-state index contributed by atoms with van der Waals surface area (Å²) in [6, 6.07) is 14.2. The van der Waals surface area contributed by atoms with Crippen molar-refractivity contribution in [2.24, 2.45) is 0 Å². The van der Waals surface area contributed by atoms with Crippen LogP contribution in [0.3, 0.4) is 0 Å². The van der Waals surface area contributed by atoms with E-state index in [1.54, 1.807) is 30.0 Å². The van der Waals surface area contributed by atoms with E-state index in [4.69, 9.17) is 23.2 Å². The SMILES string of the molecule is CC(C(=O)NC1CCCC1)N(Cc1cccc(Cl)c1)C(=O)Cc1ccc(Cl)cc1. The summed E-state index contributed by atoms with van der Waals surface area (Å²) >= 11 is 12.1. The van der Waals surface area contributed by atoms with Crippen molar-refractivity contribution >= 4 is 35.0 Å². The molecular weight excluding hydrogens is 407 g/mol. The fourth-order valence-corrected chi connectivity index (χ4v) is 4.02. The normalized spacial score (nSPS) is 15.1. The monoisotopic (exact) mass is 432 g/mol. The number of nitrogens with zero attached hydrogens (tertiary/aromatic N) is 1. The molecule has 3 rings (SSSR count). The largest absolute Gasteiger partial charge is 0.352 e. The van der Waals surface area contributed by atoms with Crippen LogP contribution in [0.1, 0.15) is 43.7 Å². The van der Waals surface area contributed by atoms with Crippen LogP contribution in [-0.4, -0.2) is 28.8 Å². The zero-order chi connectivity index (χ0) is 20.8. The highest BCUT2D eigenvalue weighted by Gasteiger charge is 2.28. The van der Waals surface area contributed by atoms with Gasteiger partial charge in [-0.05, 0) is 55.2 Å². The van der Waals surface area contributed by atoms with E-state index in [2.05, 4.69) is 5.32 Å². The molecule has 0 aromatic heterocycles. The molecule has 154 valence electrons. The molecule has 0 radical (unpaired) electrons. The minimum Gasteiger partial charge on any atom is -0.352 e. The Morgan fingerprint density at radius 2 is 1.72 bits per heavy atom. The number of carbonyl (C=O) groups excluding carboxylic acids is 2. The maximum absolute atomic E-state index is 13.1. The zero-order valence-corrected chi connectivity index (χ0v) is 18.0. The van der Waals surface area contributed by atoms with Gasteiger partial charge < -0.3 is 10.2 Å². The smallest absolute Gasteiger partial charge is 0.242 e. The van der Waals surface area contributed by atoms with E-state index in [9.17, 15) is 9.59 Å². The summed E-state index contributed by atoms with van der Waals surface area (Å²) in [6.07, 6.45) is 4.50. The number of benzene rings is 2. The standard InChI is InChI=1S/C23H26Cl2N2O2/c1-16(23(29)26-21-7-2-3-8-21)27(15-18-5-4-6-20(25)13-18)22(28)14-17-9-11-19(24)12-10-17/h4-6,9-13,16,21H,2-3,7-8,14-15H2,1H3,(H,26,29). The minimum atomic E-state index is -0.575. The van der Waals surface area contributed by atoms with Crippen molar-refractivity contribution in [1.29, 1.82) is 0 Å². The summed E-state index contributed by atoms with van der Waals surface area (Å²) in [5.41, 5.74) is 1.75. The molecular formula is C23H26Cl2N2O2. The molecule has 0 spiro atoms. The van der Waals surface area contributed by atoms with Gasteiger partial charge in [0.25, 0.3) is 0 Å². The minimum absolute atomic E-state index is 0.108. The topological polar surface area (TPSA) is 49.4 Å². The lowest BCUT2D eigenvalue weighted by molar-refractivity contribution is -0.140. The van der Waals surface area contributed by atoms with Crippen LogP contribution in [0.15, 0.2) is 48.5 Å². The van der Waals surface area contributed by atoms with Gasteiger partial charge in [0.15, 0.2) is 0 Å². The summed E-state index contributed by atoms with van der Waals surface area (Å²) in [7, 11) is 0. The maximum Gasteiger partial charge on any atom is 0.242 e. The van der Waals surface area contributed by atoms with Gasteiger partial charge in [0, 0.05) is 22.6 Å². The molecule has 1 aliphatic carbocycles. The Kier molecular flexibility index (Phi) is 7.57. The second-order valence-electron chi connectivity index (χ2n) is 7.62. The first-order chi connectivity index (χ1) is 13.9. The van der Waals surface area contributed by atoms with E-state index in [0.29, 0.717) is 16.6 Å². The van der Waals surface area contributed by atoms with Gasteiger partial charge >= 0.3 is 0 Å². The average Bonchev–Trinajstić information content (AvgIpc) is 3.20. The molecule has 4 nitrogen and oxygen atoms in total. The van der Waals surface area contributed by atoms with Gasteiger partial charge in [-0.1, -0.05) is 60.3 Å². The number of carbonyl (C=O) groups is 2. The van der Waals surface area contributed by atoms with Crippen LogP contribution < -0.4 is 5.32 Å². The number of halogens is 2. The molecule has 0 bridgehead atoms. The maximum atomic E-state index is 13.1. The summed E-state index contributed by atoms with van der Waals surface area (Å²) in [6.45, 7) is 2.11. The Morgan fingerprint density at radius 3 is 2.38 bits per heavy atom. The van der Waals surface area contributed by atoms with Crippen molar-refractivity contribution < 1.29 is 9.59 Å². The molecule has 1 fully saturated rings. The van der Waals surface area contributed by atoms with Crippen molar-refractivity contribution in [2.75, 3.05) is 0 Å². The number of amides is 2. The molecule has 1 saturated carbocycles. The van der Waals surface area contributed by atoms with E-state index >= 15 is 0 Å². The fraction of sp³-hybridized carbons (Fsp3) is 0.391. The van der Waals surface area contributed by atoms with E-state index in [0.717, 1.165) is 36.8 Å². The van der Waals surface area contributed by atoms with Crippen molar-refractivity contribution in [1.82, 2.24) is 10.2 Å². The van der Waals surface area contributed by atoms with E-state index in [-0.39, 0.29) is 24.3 Å². The highest BCUT2D eigenvalue weighted by atomic mass is 35.5. The van der Waals surface area contributed by atoms with Crippen LogP contribution in [-0.2, 0) is 22.6 Å². The van der Waals surface area contributed by atoms with Gasteiger partial charge in [-0.3, -0.25) is 9.59 Å². The van der Waals surface area contributed by atoms with Gasteiger partial charge in [-0.25, -0.2) is 0 Å². The third-order valence-electron chi connectivity index (χ3n) is 5.38. The Bertz CT molecular complexity index is 848. The second-order valence-corrected chi connectivity index (χ2v) is 8.49. The third-order valence-corrected chi connectivity index (χ3v) is 5.87. The molecule has 2 aromatic rings. The summed E-state index contributed by atoms with van der Waals surface area (Å²) < 4.78 is 0. The molecule has 1 aliphatic rings. The summed E-state index contributed by atoms with van der Waals surface area (Å²) in [5, 5.41) is 4.34. The molecule has 0 heterocycles. The second kappa shape index (κ2) is 10.1. The predicted molar refractivity (Wildman–Crippen MR) is 117 cm³/mol. The average molecular weight is 433 g/mol. The van der Waals surface area contributed by atoms with Crippen molar-refractivity contribution in [3.63, 3.8) is 0 Å². The van der Waals surface area contributed by atoms with Crippen LogP contribution >= 0.6 is 23.2 Å². The van der Waals surface area contributed by atoms with Crippen molar-refractivity contribution in [3.8, 4) is 0 Å². The molecule has 1 N–H and O–H groups in total. The molecule has 29 heavy (non-hydrogen) atoms. The Balaban J connectivity index is 1.76. The highest BCUT2D eigenvalue weighted by Crippen LogP contribution is 2.20. The Hall–Kier alpha value is -2.04. The van der Waals surface area contributed by atoms with Gasteiger partial charge in [-0.2, -0.15) is 0 Å². The number of hydrogen-bond donors (Lipinski definition) is 1. The lowest BCUT2D eigenvalue weighted by Gasteiger charge is -2.30. The van der Waals surface area contributed by atoms with Crippen LogP contribution in [0.5, 0.6) is 0 Å². The van der Waals surface area contributed by atoms with Crippen LogP contribution in [0.2, 0.25) is 10.0 Å². The van der Waals surface area contributed by atoms with E-state index in [1.165, 1.54) is 0 Å². The number of rotatable bonds is 7. The molecule has 1 unspecified atom stereocenters. The van der Waals surface area contributed by atoms with E-state index < -0.39 is 6.04 Å². The first-order valence-corrected chi connectivity index (χ1v) is 10.8. The van der Waals surface area contributed by atoms with Crippen LogP contribution in [0.4, 0.5) is 0 Å². The van der Waals surface area contributed by atoms with Gasteiger partial charge in [0.05, 0.1) is 6.42 Å². The molecule has 2 amide bonds. The van der Waals surface area contributed by atoms with E-state index in [1.807, 2.05) is 30.3 Å². The quantitative estimate of drug-likeness (QED) is 0.667. The predicted octanol–water partition coefficient (Wildman–Crippen LogP) is 5.01. The molecule has 0 aliphatic heterocycles. The van der Waals surface area contributed by atoms with Crippen LogP contribution in [0.25, 0.3) is 0 Å². The van der Waals surface area contributed by atoms with Gasteiger partial charge in [0.1, 0.15) is 6.04 Å². The molecule has 0 saturated heterocycles. The summed E-state index contributed by atoms with van der Waals surface area (Å²) in [5.74, 6) is -0.218. The Labute approximate surface area is 182 Å². The molecule has 1 atom stereocenters. The van der Waals surface area contributed by atoms with Crippen LogP contribution in [0, 0.1) is 0 Å². The highest BCUT2D eigenvalue weighted by molar-refractivity contribution is 6.30. The molecule has 6 heteroatoms. The number of hydrogen-bond acceptors (Lipinski definition) is 2. The Morgan fingerprint density at radius 1 is 1.03 bits per heavy atom. The fourth-order valence-electron chi connectivity index (χ4n) is 3.69. The third kappa shape index (κ3) is 6.22. The summed E-state index contributed by atoms with van der Waals surface area (Å²) in [4.78, 5) is 27.6. The first-order valence-electron chi connectivity index (χ1n) is 10.0. The van der Waals surface area contributed by atoms with Crippen molar-refractivity contribution in [3.05, 3.63) is 69.7 Å².